The smallest absolute Gasteiger partial charge is 0.140 e. The van der Waals surface area contributed by atoms with Gasteiger partial charge in [0.15, 0.2) is 0 Å². The molecule has 1 atom stereocenters. The Labute approximate surface area is 119 Å². The molecular formula is C14H10FIN2. The maximum absolute atomic E-state index is 12.8. The minimum Gasteiger partial charge on any atom is -0.366 e. The van der Waals surface area contributed by atoms with Gasteiger partial charge in [-0.05, 0) is 64.6 Å². The van der Waals surface area contributed by atoms with Crippen LogP contribution in [0.3, 0.4) is 0 Å². The predicted molar refractivity (Wildman–Crippen MR) is 77.5 cm³/mol. The van der Waals surface area contributed by atoms with Gasteiger partial charge in [0, 0.05) is 9.26 Å². The lowest BCUT2D eigenvalue weighted by molar-refractivity contribution is 0.628. The van der Waals surface area contributed by atoms with Crippen molar-refractivity contribution in [2.45, 2.75) is 6.04 Å². The molecule has 0 amide bonds. The van der Waals surface area contributed by atoms with Gasteiger partial charge in [-0.3, -0.25) is 0 Å². The Morgan fingerprint density at radius 3 is 2.22 bits per heavy atom. The summed E-state index contributed by atoms with van der Waals surface area (Å²) in [5.41, 5.74) is 1.61. The van der Waals surface area contributed by atoms with E-state index in [1.807, 2.05) is 24.3 Å². The van der Waals surface area contributed by atoms with E-state index in [1.54, 1.807) is 12.1 Å². The molecule has 0 heterocycles. The molecule has 2 aromatic carbocycles. The molecule has 0 aliphatic heterocycles. The van der Waals surface area contributed by atoms with Crippen LogP contribution in [-0.2, 0) is 0 Å². The zero-order chi connectivity index (χ0) is 13.0. The normalized spacial score (nSPS) is 11.6. The van der Waals surface area contributed by atoms with Crippen LogP contribution >= 0.6 is 22.6 Å². The lowest BCUT2D eigenvalue weighted by atomic mass is 10.1. The van der Waals surface area contributed by atoms with Crippen LogP contribution in [0.2, 0.25) is 0 Å². The third-order valence-corrected chi connectivity index (χ3v) is 3.21. The quantitative estimate of drug-likeness (QED) is 0.844. The summed E-state index contributed by atoms with van der Waals surface area (Å²) in [6.45, 7) is 0. The Morgan fingerprint density at radius 2 is 1.67 bits per heavy atom. The average molecular weight is 352 g/mol. The first kappa shape index (κ1) is 12.8. The highest BCUT2D eigenvalue weighted by atomic mass is 127. The Hall–Kier alpha value is -1.61. The maximum atomic E-state index is 12.8. The van der Waals surface area contributed by atoms with Crippen molar-refractivity contribution in [2.24, 2.45) is 0 Å². The fraction of sp³-hybridized carbons (Fsp3) is 0.0714. The van der Waals surface area contributed by atoms with Gasteiger partial charge >= 0.3 is 0 Å². The van der Waals surface area contributed by atoms with E-state index in [0.29, 0.717) is 0 Å². The molecule has 1 unspecified atom stereocenters. The fourth-order valence-corrected chi connectivity index (χ4v) is 1.92. The van der Waals surface area contributed by atoms with Crippen molar-refractivity contribution < 1.29 is 4.39 Å². The second kappa shape index (κ2) is 5.83. The van der Waals surface area contributed by atoms with Crippen molar-refractivity contribution in [3.63, 3.8) is 0 Å². The SMILES string of the molecule is N#CC(Nc1ccc(F)cc1)c1ccc(I)cc1. The van der Waals surface area contributed by atoms with Crippen molar-refractivity contribution in [2.75, 3.05) is 5.32 Å². The first-order valence-corrected chi connectivity index (χ1v) is 6.44. The summed E-state index contributed by atoms with van der Waals surface area (Å²) < 4.78 is 13.9. The second-order valence-electron chi connectivity index (χ2n) is 3.76. The molecule has 0 aliphatic rings. The number of benzene rings is 2. The minimum absolute atomic E-state index is 0.289. The minimum atomic E-state index is -0.438. The van der Waals surface area contributed by atoms with Gasteiger partial charge in [0.1, 0.15) is 11.9 Å². The van der Waals surface area contributed by atoms with Crippen LogP contribution in [0.1, 0.15) is 11.6 Å². The highest BCUT2D eigenvalue weighted by Gasteiger charge is 2.09. The number of rotatable bonds is 3. The zero-order valence-corrected chi connectivity index (χ0v) is 11.6. The largest absolute Gasteiger partial charge is 0.366 e. The van der Waals surface area contributed by atoms with E-state index >= 15 is 0 Å². The standard InChI is InChI=1S/C14H10FIN2/c15-11-3-7-13(8-4-11)18-14(9-17)10-1-5-12(16)6-2-10/h1-8,14,18H. The van der Waals surface area contributed by atoms with E-state index in [2.05, 4.69) is 34.0 Å². The first-order chi connectivity index (χ1) is 8.69. The van der Waals surface area contributed by atoms with E-state index < -0.39 is 6.04 Å². The van der Waals surface area contributed by atoms with Crippen LogP contribution in [-0.4, -0.2) is 0 Å². The summed E-state index contributed by atoms with van der Waals surface area (Å²) in [4.78, 5) is 0. The molecule has 2 nitrogen and oxygen atoms in total. The van der Waals surface area contributed by atoms with Crippen molar-refractivity contribution in [3.05, 3.63) is 63.5 Å². The van der Waals surface area contributed by atoms with Gasteiger partial charge in [0.25, 0.3) is 0 Å². The summed E-state index contributed by atoms with van der Waals surface area (Å²) in [5.74, 6) is -0.289. The third kappa shape index (κ3) is 3.20. The Balaban J connectivity index is 2.17. The van der Waals surface area contributed by atoms with E-state index in [1.165, 1.54) is 12.1 Å². The van der Waals surface area contributed by atoms with Crippen molar-refractivity contribution in [1.82, 2.24) is 0 Å². The number of hydrogen-bond acceptors (Lipinski definition) is 2. The predicted octanol–water partition coefficient (Wildman–Crippen LogP) is 4.11. The van der Waals surface area contributed by atoms with Gasteiger partial charge in [0.05, 0.1) is 6.07 Å². The van der Waals surface area contributed by atoms with Crippen LogP contribution in [0.15, 0.2) is 48.5 Å². The van der Waals surface area contributed by atoms with Crippen LogP contribution in [0.5, 0.6) is 0 Å². The Bertz CT molecular complexity index is 558. The molecule has 0 radical (unpaired) electrons. The highest BCUT2D eigenvalue weighted by molar-refractivity contribution is 14.1. The summed E-state index contributed by atoms with van der Waals surface area (Å²) in [5, 5.41) is 12.2. The number of nitriles is 1. The number of anilines is 1. The highest BCUT2D eigenvalue weighted by Crippen LogP contribution is 2.20. The van der Waals surface area contributed by atoms with Gasteiger partial charge in [-0.2, -0.15) is 5.26 Å². The number of hydrogen-bond donors (Lipinski definition) is 1. The number of halogens is 2. The Morgan fingerprint density at radius 1 is 1.06 bits per heavy atom. The van der Waals surface area contributed by atoms with Crippen LogP contribution in [0.25, 0.3) is 0 Å². The van der Waals surface area contributed by atoms with E-state index in [4.69, 9.17) is 0 Å². The molecule has 0 saturated carbocycles. The fourth-order valence-electron chi connectivity index (χ4n) is 1.56. The molecule has 18 heavy (non-hydrogen) atoms. The molecule has 4 heteroatoms. The summed E-state index contributed by atoms with van der Waals surface area (Å²) in [6.07, 6.45) is 0. The lowest BCUT2D eigenvalue weighted by Crippen LogP contribution is -2.08. The van der Waals surface area contributed by atoms with E-state index in [0.717, 1.165) is 14.8 Å². The van der Waals surface area contributed by atoms with Gasteiger partial charge in [-0.15, -0.1) is 0 Å². The summed E-state index contributed by atoms with van der Waals surface area (Å²) >= 11 is 2.21. The molecule has 0 saturated heterocycles. The Kier molecular flexibility index (Phi) is 4.15. The molecule has 0 aliphatic carbocycles. The van der Waals surface area contributed by atoms with E-state index in [9.17, 15) is 9.65 Å². The number of nitrogens with one attached hydrogen (secondary N) is 1. The van der Waals surface area contributed by atoms with Crippen molar-refractivity contribution in [3.8, 4) is 6.07 Å². The zero-order valence-electron chi connectivity index (χ0n) is 9.40. The molecule has 1 N–H and O–H groups in total. The number of nitrogens with zero attached hydrogens (tertiary/aromatic N) is 1. The van der Waals surface area contributed by atoms with Crippen LogP contribution < -0.4 is 5.32 Å². The van der Waals surface area contributed by atoms with Gasteiger partial charge in [-0.1, -0.05) is 12.1 Å². The molecule has 0 bridgehead atoms. The molecule has 90 valence electrons. The van der Waals surface area contributed by atoms with Gasteiger partial charge in [-0.25, -0.2) is 4.39 Å². The van der Waals surface area contributed by atoms with Gasteiger partial charge < -0.3 is 5.32 Å². The monoisotopic (exact) mass is 352 g/mol. The third-order valence-electron chi connectivity index (χ3n) is 2.49. The topological polar surface area (TPSA) is 35.8 Å². The first-order valence-electron chi connectivity index (χ1n) is 5.36. The maximum Gasteiger partial charge on any atom is 0.140 e. The molecule has 2 rings (SSSR count). The van der Waals surface area contributed by atoms with Crippen LogP contribution in [0.4, 0.5) is 10.1 Å². The van der Waals surface area contributed by atoms with Crippen LogP contribution in [0, 0.1) is 20.7 Å². The van der Waals surface area contributed by atoms with E-state index in [-0.39, 0.29) is 5.82 Å². The molecule has 0 spiro atoms. The summed E-state index contributed by atoms with van der Waals surface area (Å²) in [6, 6.07) is 15.4. The van der Waals surface area contributed by atoms with Gasteiger partial charge in [0.2, 0.25) is 0 Å². The summed E-state index contributed by atoms with van der Waals surface area (Å²) in [7, 11) is 0. The molecular weight excluding hydrogens is 342 g/mol. The van der Waals surface area contributed by atoms with Crippen molar-refractivity contribution in [1.29, 1.82) is 5.26 Å². The molecule has 0 aromatic heterocycles. The lowest BCUT2D eigenvalue weighted by Gasteiger charge is -2.13. The second-order valence-corrected chi connectivity index (χ2v) is 5.01. The molecule has 0 fully saturated rings. The van der Waals surface area contributed by atoms with Crippen molar-refractivity contribution >= 4 is 28.3 Å². The average Bonchev–Trinajstić information content (AvgIpc) is 2.39. The molecule has 2 aromatic rings.